The predicted molar refractivity (Wildman–Crippen MR) is 141 cm³/mol. The Morgan fingerprint density at radius 2 is 1.86 bits per heavy atom. The molecule has 0 aliphatic carbocycles. The normalized spacial score (nSPS) is 11.5. The van der Waals surface area contributed by atoms with Crippen LogP contribution in [0.4, 0.5) is 5.69 Å². The van der Waals surface area contributed by atoms with Crippen molar-refractivity contribution in [1.29, 1.82) is 0 Å². The molecule has 0 unspecified atom stereocenters. The summed E-state index contributed by atoms with van der Waals surface area (Å²) in [5.41, 5.74) is 5.53. The molecule has 0 saturated carbocycles. The summed E-state index contributed by atoms with van der Waals surface area (Å²) in [6.45, 7) is 3.04. The number of nitrogens with zero attached hydrogens (tertiary/aromatic N) is 4. The fraction of sp³-hybridized carbons (Fsp3) is 0.111. The third kappa shape index (κ3) is 3.91. The van der Waals surface area contributed by atoms with Crippen LogP contribution < -0.4 is 5.32 Å². The molecule has 35 heavy (non-hydrogen) atoms. The molecule has 3 heterocycles. The second-order valence-corrected chi connectivity index (χ2v) is 9.21. The Morgan fingerprint density at radius 3 is 2.77 bits per heavy atom. The number of amides is 1. The summed E-state index contributed by atoms with van der Waals surface area (Å²) < 4.78 is 2.30. The van der Waals surface area contributed by atoms with Gasteiger partial charge in [-0.15, -0.1) is 11.8 Å². The van der Waals surface area contributed by atoms with Crippen LogP contribution in [0, 0.1) is 0 Å². The van der Waals surface area contributed by atoms with Crippen LogP contribution in [0.2, 0.25) is 0 Å². The SMILES string of the molecule is CCn1c2ccccc2c2cc(NC(=O)c3cccc(CSc4ncnc5[nH]ncc45)c3)ccc21. The first-order chi connectivity index (χ1) is 17.2. The fourth-order valence-electron chi connectivity index (χ4n) is 4.49. The smallest absolute Gasteiger partial charge is 0.255 e. The molecule has 0 aliphatic rings. The lowest BCUT2D eigenvalue weighted by Crippen LogP contribution is -2.12. The van der Waals surface area contributed by atoms with E-state index in [2.05, 4.69) is 73.4 Å². The zero-order valence-corrected chi connectivity index (χ0v) is 19.8. The largest absolute Gasteiger partial charge is 0.341 e. The third-order valence-corrected chi connectivity index (χ3v) is 7.20. The molecule has 0 bridgehead atoms. The quantitative estimate of drug-likeness (QED) is 0.226. The summed E-state index contributed by atoms with van der Waals surface area (Å²) in [5, 5.41) is 14.1. The average Bonchev–Trinajstić information content (AvgIpc) is 3.50. The van der Waals surface area contributed by atoms with Gasteiger partial charge in [-0.1, -0.05) is 30.3 Å². The van der Waals surface area contributed by atoms with Gasteiger partial charge in [-0.05, 0) is 48.9 Å². The summed E-state index contributed by atoms with van der Waals surface area (Å²) >= 11 is 1.59. The number of H-pyrrole nitrogens is 1. The van der Waals surface area contributed by atoms with Gasteiger partial charge in [0.25, 0.3) is 5.91 Å². The highest BCUT2D eigenvalue weighted by Gasteiger charge is 2.13. The summed E-state index contributed by atoms with van der Waals surface area (Å²) in [6, 6.07) is 22.2. The van der Waals surface area contributed by atoms with E-state index in [0.29, 0.717) is 11.3 Å². The van der Waals surface area contributed by atoms with Crippen LogP contribution in [0.5, 0.6) is 0 Å². The molecule has 0 fully saturated rings. The molecule has 0 spiro atoms. The molecule has 3 aromatic heterocycles. The van der Waals surface area contributed by atoms with Crippen molar-refractivity contribution in [2.45, 2.75) is 24.2 Å². The van der Waals surface area contributed by atoms with Crippen LogP contribution in [-0.2, 0) is 12.3 Å². The van der Waals surface area contributed by atoms with Crippen LogP contribution in [0.1, 0.15) is 22.8 Å². The molecule has 3 aromatic carbocycles. The van der Waals surface area contributed by atoms with Crippen LogP contribution in [0.3, 0.4) is 0 Å². The van der Waals surface area contributed by atoms with Gasteiger partial charge < -0.3 is 9.88 Å². The number of carbonyl (C=O) groups is 1. The Morgan fingerprint density at radius 1 is 0.971 bits per heavy atom. The van der Waals surface area contributed by atoms with Gasteiger partial charge in [0.15, 0.2) is 5.65 Å². The summed E-state index contributed by atoms with van der Waals surface area (Å²) in [7, 11) is 0. The van der Waals surface area contributed by atoms with Gasteiger partial charge in [-0.2, -0.15) is 5.10 Å². The predicted octanol–water partition coefficient (Wildman–Crippen LogP) is 6.03. The minimum absolute atomic E-state index is 0.130. The van der Waals surface area contributed by atoms with E-state index in [1.807, 2.05) is 30.3 Å². The van der Waals surface area contributed by atoms with Crippen LogP contribution in [0.15, 0.2) is 84.3 Å². The summed E-state index contributed by atoms with van der Waals surface area (Å²) in [5.74, 6) is 0.552. The van der Waals surface area contributed by atoms with Crippen molar-refractivity contribution < 1.29 is 4.79 Å². The standard InChI is InChI=1S/C27H22N6OS/c1-2-33-23-9-4-3-8-20(23)21-13-19(10-11-24(21)33)31-26(34)18-7-5-6-17(12-18)15-35-27-22-14-30-32-25(22)28-16-29-27/h3-14,16H,2,15H2,1H3,(H,31,34)(H,28,29,30,32). The molecular formula is C27H22N6OS. The molecule has 172 valence electrons. The van der Waals surface area contributed by atoms with Crippen molar-refractivity contribution in [3.63, 3.8) is 0 Å². The Kier molecular flexibility index (Phi) is 5.42. The number of carbonyl (C=O) groups excluding carboxylic acids is 1. The molecular weight excluding hydrogens is 456 g/mol. The monoisotopic (exact) mass is 478 g/mol. The maximum absolute atomic E-state index is 13.1. The zero-order valence-electron chi connectivity index (χ0n) is 19.0. The van der Waals surface area contributed by atoms with E-state index in [4.69, 9.17) is 0 Å². The van der Waals surface area contributed by atoms with Crippen molar-refractivity contribution in [2.24, 2.45) is 0 Å². The number of anilines is 1. The summed E-state index contributed by atoms with van der Waals surface area (Å²) in [6.07, 6.45) is 3.26. The minimum atomic E-state index is -0.130. The number of nitrogens with one attached hydrogen (secondary N) is 2. The van der Waals surface area contributed by atoms with Crippen molar-refractivity contribution >= 4 is 56.2 Å². The van der Waals surface area contributed by atoms with Gasteiger partial charge in [0.2, 0.25) is 0 Å². The third-order valence-electron chi connectivity index (χ3n) is 6.12. The molecule has 6 aromatic rings. The molecule has 8 heteroatoms. The molecule has 7 nitrogen and oxygen atoms in total. The van der Waals surface area contributed by atoms with Crippen LogP contribution in [0.25, 0.3) is 32.8 Å². The highest BCUT2D eigenvalue weighted by molar-refractivity contribution is 7.98. The molecule has 0 radical (unpaired) electrons. The molecule has 0 saturated heterocycles. The summed E-state index contributed by atoms with van der Waals surface area (Å²) in [4.78, 5) is 21.6. The van der Waals surface area contributed by atoms with Crippen LogP contribution in [-0.4, -0.2) is 30.6 Å². The van der Waals surface area contributed by atoms with E-state index in [-0.39, 0.29) is 5.91 Å². The van der Waals surface area contributed by atoms with E-state index in [1.54, 1.807) is 18.0 Å². The number of fused-ring (bicyclic) bond motifs is 4. The number of para-hydroxylation sites is 1. The Labute approximate surface area is 205 Å². The van der Waals surface area contributed by atoms with E-state index in [9.17, 15) is 4.79 Å². The topological polar surface area (TPSA) is 88.5 Å². The number of hydrogen-bond donors (Lipinski definition) is 2. The van der Waals surface area contributed by atoms with E-state index < -0.39 is 0 Å². The maximum Gasteiger partial charge on any atom is 0.255 e. The number of hydrogen-bond acceptors (Lipinski definition) is 5. The number of benzene rings is 3. The lowest BCUT2D eigenvalue weighted by molar-refractivity contribution is 0.102. The molecule has 0 atom stereocenters. The molecule has 0 aliphatic heterocycles. The average molecular weight is 479 g/mol. The second-order valence-electron chi connectivity index (χ2n) is 8.25. The molecule has 2 N–H and O–H groups in total. The lowest BCUT2D eigenvalue weighted by Gasteiger charge is -2.08. The Balaban J connectivity index is 1.23. The van der Waals surface area contributed by atoms with Gasteiger partial charge in [0, 0.05) is 45.4 Å². The maximum atomic E-state index is 13.1. The van der Waals surface area contributed by atoms with Gasteiger partial charge >= 0.3 is 0 Å². The van der Waals surface area contributed by atoms with Crippen molar-refractivity contribution in [3.05, 3.63) is 90.4 Å². The number of aromatic nitrogens is 5. The van der Waals surface area contributed by atoms with Gasteiger partial charge in [-0.25, -0.2) is 9.97 Å². The van der Waals surface area contributed by atoms with Gasteiger partial charge in [0.05, 0.1) is 11.6 Å². The fourth-order valence-corrected chi connectivity index (χ4v) is 5.40. The van der Waals surface area contributed by atoms with Crippen molar-refractivity contribution in [1.82, 2.24) is 24.7 Å². The van der Waals surface area contributed by atoms with Crippen LogP contribution >= 0.6 is 11.8 Å². The zero-order chi connectivity index (χ0) is 23.8. The Bertz CT molecular complexity index is 1700. The second kappa shape index (κ2) is 8.88. The first-order valence-electron chi connectivity index (χ1n) is 11.4. The van der Waals surface area contributed by atoms with E-state index >= 15 is 0 Å². The first kappa shape index (κ1) is 21.4. The van der Waals surface area contributed by atoms with Gasteiger partial charge in [0.1, 0.15) is 11.4 Å². The molecule has 1 amide bonds. The highest BCUT2D eigenvalue weighted by atomic mass is 32.2. The number of aromatic amines is 1. The number of aryl methyl sites for hydroxylation is 1. The van der Waals surface area contributed by atoms with Crippen molar-refractivity contribution in [3.8, 4) is 0 Å². The number of rotatable bonds is 6. The van der Waals surface area contributed by atoms with Gasteiger partial charge in [-0.3, -0.25) is 9.89 Å². The highest BCUT2D eigenvalue weighted by Crippen LogP contribution is 2.31. The van der Waals surface area contributed by atoms with E-state index in [1.165, 1.54) is 22.7 Å². The first-order valence-corrected chi connectivity index (χ1v) is 12.4. The molecule has 6 rings (SSSR count). The number of thioether (sulfide) groups is 1. The van der Waals surface area contributed by atoms with E-state index in [0.717, 1.165) is 39.2 Å². The van der Waals surface area contributed by atoms with Crippen molar-refractivity contribution in [2.75, 3.05) is 5.32 Å². The minimum Gasteiger partial charge on any atom is -0.341 e. The Hall–Kier alpha value is -4.17. The lowest BCUT2D eigenvalue weighted by atomic mass is 10.1.